The van der Waals surface area contributed by atoms with Crippen molar-refractivity contribution in [2.75, 3.05) is 45.4 Å². The molecule has 0 radical (unpaired) electrons. The molecule has 2 aliphatic heterocycles. The van der Waals surface area contributed by atoms with Gasteiger partial charge in [0.2, 0.25) is 5.91 Å². The van der Waals surface area contributed by atoms with Crippen LogP contribution in [0.4, 0.5) is 5.69 Å². The molecule has 2 heterocycles. The number of carbonyl (C=O) groups excluding carboxylic acids is 2. The molecule has 2 aliphatic rings. The molecule has 0 unspecified atom stereocenters. The molecule has 3 rings (SSSR count). The molecule has 7 heteroatoms. The van der Waals surface area contributed by atoms with Gasteiger partial charge in [-0.1, -0.05) is 0 Å². The van der Waals surface area contributed by atoms with E-state index in [0.717, 1.165) is 0 Å². The van der Waals surface area contributed by atoms with E-state index >= 15 is 0 Å². The van der Waals surface area contributed by atoms with Gasteiger partial charge in [0, 0.05) is 31.3 Å². The Hall–Kier alpha value is -2.12. The third-order valence-electron chi connectivity index (χ3n) is 4.20. The molecule has 2 fully saturated rings. The van der Waals surface area contributed by atoms with E-state index in [4.69, 9.17) is 14.2 Å². The highest BCUT2D eigenvalue weighted by Crippen LogP contribution is 2.32. The molecule has 1 atom stereocenters. The number of nitrogens with zero attached hydrogens (tertiary/aromatic N) is 2. The van der Waals surface area contributed by atoms with Gasteiger partial charge < -0.3 is 14.2 Å². The van der Waals surface area contributed by atoms with E-state index in [1.165, 1.54) is 19.1 Å². The first-order valence-corrected chi connectivity index (χ1v) is 7.55. The van der Waals surface area contributed by atoms with Crippen molar-refractivity contribution in [1.29, 1.82) is 0 Å². The molecule has 0 aliphatic carbocycles. The molecule has 124 valence electrons. The average molecular weight is 320 g/mol. The fraction of sp³-hybridized carbons (Fsp3) is 0.500. The Labute approximate surface area is 134 Å². The summed E-state index contributed by atoms with van der Waals surface area (Å²) in [5, 5.41) is 0. The summed E-state index contributed by atoms with van der Waals surface area (Å²) >= 11 is 0. The van der Waals surface area contributed by atoms with Crippen LogP contribution in [0.1, 0.15) is 6.42 Å². The zero-order chi connectivity index (χ0) is 16.4. The maximum Gasteiger partial charge on any atom is 0.251 e. The van der Waals surface area contributed by atoms with Gasteiger partial charge in [-0.25, -0.2) is 4.90 Å². The largest absolute Gasteiger partial charge is 0.497 e. The first kappa shape index (κ1) is 15.8. The summed E-state index contributed by atoms with van der Waals surface area (Å²) < 4.78 is 15.7. The molecule has 23 heavy (non-hydrogen) atoms. The van der Waals surface area contributed by atoms with Crippen LogP contribution in [0.5, 0.6) is 11.5 Å². The van der Waals surface area contributed by atoms with E-state index < -0.39 is 6.04 Å². The molecule has 0 spiro atoms. The second-order valence-electron chi connectivity index (χ2n) is 5.51. The summed E-state index contributed by atoms with van der Waals surface area (Å²) in [6.45, 7) is 2.51. The fourth-order valence-electron chi connectivity index (χ4n) is 2.98. The molecular formula is C16H20N2O5. The predicted octanol–water partition coefficient (Wildman–Crippen LogP) is 0.668. The number of hydrogen-bond donors (Lipinski definition) is 0. The zero-order valence-corrected chi connectivity index (χ0v) is 13.3. The lowest BCUT2D eigenvalue weighted by molar-refractivity contribution is -0.123. The van der Waals surface area contributed by atoms with E-state index in [9.17, 15) is 9.59 Å². The van der Waals surface area contributed by atoms with Crippen molar-refractivity contribution in [3.8, 4) is 11.5 Å². The van der Waals surface area contributed by atoms with Crippen molar-refractivity contribution in [3.05, 3.63) is 18.2 Å². The van der Waals surface area contributed by atoms with Crippen LogP contribution in [0.3, 0.4) is 0 Å². The molecule has 7 nitrogen and oxygen atoms in total. The Balaban J connectivity index is 1.87. The van der Waals surface area contributed by atoms with Gasteiger partial charge in [0.05, 0.1) is 45.6 Å². The minimum absolute atomic E-state index is 0.193. The quantitative estimate of drug-likeness (QED) is 0.760. The van der Waals surface area contributed by atoms with Crippen LogP contribution < -0.4 is 14.4 Å². The number of benzene rings is 1. The van der Waals surface area contributed by atoms with Crippen molar-refractivity contribution < 1.29 is 23.8 Å². The third kappa shape index (κ3) is 3.02. The van der Waals surface area contributed by atoms with Crippen LogP contribution in [0, 0.1) is 0 Å². The molecule has 0 bridgehead atoms. The molecule has 2 saturated heterocycles. The second-order valence-corrected chi connectivity index (χ2v) is 5.51. The highest BCUT2D eigenvalue weighted by atomic mass is 16.5. The topological polar surface area (TPSA) is 68.3 Å². The van der Waals surface area contributed by atoms with Gasteiger partial charge in [-0.2, -0.15) is 0 Å². The third-order valence-corrected chi connectivity index (χ3v) is 4.20. The van der Waals surface area contributed by atoms with Gasteiger partial charge in [0.15, 0.2) is 0 Å². The number of rotatable bonds is 4. The van der Waals surface area contributed by atoms with Gasteiger partial charge in [-0.3, -0.25) is 14.5 Å². The van der Waals surface area contributed by atoms with Crippen molar-refractivity contribution in [2.24, 2.45) is 0 Å². The lowest BCUT2D eigenvalue weighted by Gasteiger charge is -2.30. The number of anilines is 1. The van der Waals surface area contributed by atoms with E-state index in [2.05, 4.69) is 0 Å². The molecule has 0 N–H and O–H groups in total. The highest BCUT2D eigenvalue weighted by molar-refractivity contribution is 6.22. The lowest BCUT2D eigenvalue weighted by Crippen LogP contribution is -2.47. The summed E-state index contributed by atoms with van der Waals surface area (Å²) in [7, 11) is 3.06. The predicted molar refractivity (Wildman–Crippen MR) is 82.8 cm³/mol. The molecular weight excluding hydrogens is 300 g/mol. The number of methoxy groups -OCH3 is 2. The number of imide groups is 1. The average Bonchev–Trinajstić information content (AvgIpc) is 2.89. The van der Waals surface area contributed by atoms with E-state index in [0.29, 0.717) is 43.5 Å². The van der Waals surface area contributed by atoms with E-state index in [1.54, 1.807) is 18.2 Å². The van der Waals surface area contributed by atoms with Gasteiger partial charge >= 0.3 is 0 Å². The monoisotopic (exact) mass is 320 g/mol. The summed E-state index contributed by atoms with van der Waals surface area (Å²) in [6, 6.07) is 4.62. The Morgan fingerprint density at radius 3 is 2.22 bits per heavy atom. The van der Waals surface area contributed by atoms with Gasteiger partial charge in [-0.05, 0) is 0 Å². The van der Waals surface area contributed by atoms with Crippen LogP contribution >= 0.6 is 0 Å². The Bertz CT molecular complexity index is 590. The van der Waals surface area contributed by atoms with Crippen LogP contribution in [0.25, 0.3) is 0 Å². The molecule has 0 saturated carbocycles. The normalized spacial score (nSPS) is 22.5. The van der Waals surface area contributed by atoms with Gasteiger partial charge in [0.25, 0.3) is 5.91 Å². The Morgan fingerprint density at radius 1 is 1.04 bits per heavy atom. The van der Waals surface area contributed by atoms with Crippen molar-refractivity contribution in [2.45, 2.75) is 12.5 Å². The summed E-state index contributed by atoms with van der Waals surface area (Å²) in [5.74, 6) is 0.665. The lowest BCUT2D eigenvalue weighted by atomic mass is 10.2. The second kappa shape index (κ2) is 6.55. The highest BCUT2D eigenvalue weighted by Gasteiger charge is 2.43. The maximum atomic E-state index is 12.8. The number of morpholine rings is 1. The van der Waals surface area contributed by atoms with Crippen molar-refractivity contribution in [3.63, 3.8) is 0 Å². The Morgan fingerprint density at radius 2 is 1.65 bits per heavy atom. The maximum absolute atomic E-state index is 12.8. The van der Waals surface area contributed by atoms with Crippen molar-refractivity contribution in [1.82, 2.24) is 4.90 Å². The molecule has 1 aromatic rings. The molecule has 1 aromatic carbocycles. The van der Waals surface area contributed by atoms with E-state index in [-0.39, 0.29) is 18.2 Å². The number of carbonyl (C=O) groups is 2. The minimum Gasteiger partial charge on any atom is -0.497 e. The SMILES string of the molecule is COc1cc(OC)cc(N2C(=O)C[C@@H](N3CCOCC3)C2=O)c1. The first-order chi connectivity index (χ1) is 11.1. The first-order valence-electron chi connectivity index (χ1n) is 7.55. The van der Waals surface area contributed by atoms with E-state index in [1.807, 2.05) is 4.90 Å². The van der Waals surface area contributed by atoms with Gasteiger partial charge in [-0.15, -0.1) is 0 Å². The number of amides is 2. The van der Waals surface area contributed by atoms with Crippen molar-refractivity contribution >= 4 is 17.5 Å². The Kier molecular flexibility index (Phi) is 4.49. The number of hydrogen-bond acceptors (Lipinski definition) is 6. The standard InChI is InChI=1S/C16H20N2O5/c1-21-12-7-11(8-13(9-12)22-2)18-15(19)10-14(16(18)20)17-3-5-23-6-4-17/h7-9,14H,3-6,10H2,1-2H3/t14-/m1/s1. The minimum atomic E-state index is -0.413. The summed E-state index contributed by atoms with van der Waals surface area (Å²) in [6.07, 6.45) is 0.193. The fourth-order valence-corrected chi connectivity index (χ4v) is 2.98. The molecule has 0 aromatic heterocycles. The van der Waals surface area contributed by atoms with Crippen LogP contribution in [0.2, 0.25) is 0 Å². The number of ether oxygens (including phenoxy) is 3. The zero-order valence-electron chi connectivity index (χ0n) is 13.3. The molecule has 2 amide bonds. The summed E-state index contributed by atoms with van der Waals surface area (Å²) in [5.41, 5.74) is 0.479. The van der Waals surface area contributed by atoms with Crippen LogP contribution in [-0.4, -0.2) is 63.3 Å². The van der Waals surface area contributed by atoms with Gasteiger partial charge in [0.1, 0.15) is 11.5 Å². The van der Waals surface area contributed by atoms with Crippen LogP contribution in [-0.2, 0) is 14.3 Å². The summed E-state index contributed by atoms with van der Waals surface area (Å²) in [4.78, 5) is 28.4. The van der Waals surface area contributed by atoms with Crippen LogP contribution in [0.15, 0.2) is 18.2 Å². The smallest absolute Gasteiger partial charge is 0.251 e.